The second-order valence-electron chi connectivity index (χ2n) is 6.86. The molecule has 2 rings (SSSR count). The van der Waals surface area contributed by atoms with Crippen LogP contribution in [0.5, 0.6) is 0 Å². The number of rotatable bonds is 6. The number of primary amides is 1. The van der Waals surface area contributed by atoms with E-state index < -0.39 is 35.8 Å². The molecule has 11 heteroatoms. The first kappa shape index (κ1) is 21.1. The van der Waals surface area contributed by atoms with Gasteiger partial charge >= 0.3 is 6.03 Å². The van der Waals surface area contributed by atoms with E-state index in [2.05, 4.69) is 20.6 Å². The van der Waals surface area contributed by atoms with E-state index in [-0.39, 0.29) is 24.8 Å². The van der Waals surface area contributed by atoms with Crippen LogP contribution in [0.1, 0.15) is 30.8 Å². The minimum absolute atomic E-state index is 0.0881. The number of hydrogen-bond donors (Lipinski definition) is 3. The fraction of sp³-hybridized carbons (Fsp3) is 0.529. The molecule has 4 N–H and O–H groups in total. The van der Waals surface area contributed by atoms with Crippen molar-refractivity contribution in [3.8, 4) is 0 Å². The smallest absolute Gasteiger partial charge is 0.315 e. The lowest BCUT2D eigenvalue weighted by molar-refractivity contribution is -0.137. The number of amides is 5. The molecule has 0 spiro atoms. The lowest BCUT2D eigenvalue weighted by atomic mass is 10.1. The topological polar surface area (TPSA) is 151 Å². The van der Waals surface area contributed by atoms with Gasteiger partial charge in [0.15, 0.2) is 0 Å². The molecule has 1 fully saturated rings. The van der Waals surface area contributed by atoms with Crippen molar-refractivity contribution >= 4 is 23.8 Å². The number of likely N-dealkylation sites (tertiary alicyclic amines) is 1. The standard InChI is InChI=1S/C17H25N7O4/c1-10(2)21-17(28)22-11-4-7-24(15(26)12-8-19-5-6-20-12)14(11)16(27)23(3)9-13(18)25/h5-6,8,10-11,14H,4,7,9H2,1-3H3,(H2,18,25)(H2,21,22,28). The van der Waals surface area contributed by atoms with Crippen molar-refractivity contribution in [3.05, 3.63) is 24.3 Å². The summed E-state index contributed by atoms with van der Waals surface area (Å²) >= 11 is 0. The lowest BCUT2D eigenvalue weighted by Gasteiger charge is -2.30. The van der Waals surface area contributed by atoms with Crippen LogP contribution in [0.3, 0.4) is 0 Å². The van der Waals surface area contributed by atoms with Gasteiger partial charge in [-0.15, -0.1) is 0 Å². The number of urea groups is 1. The first-order chi connectivity index (χ1) is 13.2. The summed E-state index contributed by atoms with van der Waals surface area (Å²) in [5.41, 5.74) is 5.26. The zero-order chi connectivity index (χ0) is 20.8. The number of nitrogens with two attached hydrogens (primary N) is 1. The van der Waals surface area contributed by atoms with Gasteiger partial charge in [-0.25, -0.2) is 9.78 Å². The Labute approximate surface area is 162 Å². The van der Waals surface area contributed by atoms with Crippen molar-refractivity contribution in [2.45, 2.75) is 38.4 Å². The number of aromatic nitrogens is 2. The predicted molar refractivity (Wildman–Crippen MR) is 98.9 cm³/mol. The highest BCUT2D eigenvalue weighted by Gasteiger charge is 2.44. The minimum Gasteiger partial charge on any atom is -0.368 e. The van der Waals surface area contributed by atoms with Crippen molar-refractivity contribution in [1.82, 2.24) is 30.4 Å². The van der Waals surface area contributed by atoms with Crippen molar-refractivity contribution in [1.29, 1.82) is 0 Å². The van der Waals surface area contributed by atoms with Crippen molar-refractivity contribution < 1.29 is 19.2 Å². The zero-order valence-electron chi connectivity index (χ0n) is 16.1. The Kier molecular flexibility index (Phi) is 6.85. The number of nitrogens with zero attached hydrogens (tertiary/aromatic N) is 4. The molecule has 0 aliphatic carbocycles. The fourth-order valence-electron chi connectivity index (χ4n) is 3.04. The molecular formula is C17H25N7O4. The normalized spacial score (nSPS) is 18.6. The number of likely N-dealkylation sites (N-methyl/N-ethyl adjacent to an activating group) is 1. The highest BCUT2D eigenvalue weighted by atomic mass is 16.2. The fourth-order valence-corrected chi connectivity index (χ4v) is 3.04. The maximum absolute atomic E-state index is 13.0. The molecule has 1 aromatic heterocycles. The molecule has 0 saturated carbocycles. The Hall–Kier alpha value is -3.24. The van der Waals surface area contributed by atoms with Crippen LogP contribution in [0.15, 0.2) is 18.6 Å². The van der Waals surface area contributed by atoms with Gasteiger partial charge in [0.05, 0.1) is 18.8 Å². The minimum atomic E-state index is -0.989. The summed E-state index contributed by atoms with van der Waals surface area (Å²) in [4.78, 5) is 59.5. The Bertz CT molecular complexity index is 740. The molecule has 2 atom stereocenters. The van der Waals surface area contributed by atoms with E-state index in [1.54, 1.807) is 13.8 Å². The average molecular weight is 391 g/mol. The van der Waals surface area contributed by atoms with Crippen LogP contribution in [0, 0.1) is 0 Å². The third-order valence-electron chi connectivity index (χ3n) is 4.20. The third kappa shape index (κ3) is 5.15. The van der Waals surface area contributed by atoms with E-state index in [4.69, 9.17) is 5.73 Å². The molecular weight excluding hydrogens is 366 g/mol. The molecule has 28 heavy (non-hydrogen) atoms. The second kappa shape index (κ2) is 9.11. The van der Waals surface area contributed by atoms with Crippen molar-refractivity contribution in [2.75, 3.05) is 20.1 Å². The number of carbonyl (C=O) groups is 4. The van der Waals surface area contributed by atoms with Crippen LogP contribution in [0.2, 0.25) is 0 Å². The Morgan fingerprint density at radius 1 is 1.32 bits per heavy atom. The van der Waals surface area contributed by atoms with Gasteiger partial charge in [-0.05, 0) is 20.3 Å². The molecule has 11 nitrogen and oxygen atoms in total. The number of hydrogen-bond acceptors (Lipinski definition) is 6. The van der Waals surface area contributed by atoms with Crippen LogP contribution in [-0.2, 0) is 9.59 Å². The first-order valence-corrected chi connectivity index (χ1v) is 8.88. The quantitative estimate of drug-likeness (QED) is 0.549. The van der Waals surface area contributed by atoms with E-state index in [0.717, 1.165) is 4.90 Å². The van der Waals surface area contributed by atoms with Gasteiger partial charge in [0, 0.05) is 32.0 Å². The highest BCUT2D eigenvalue weighted by Crippen LogP contribution is 2.22. The van der Waals surface area contributed by atoms with Crippen molar-refractivity contribution in [2.24, 2.45) is 5.73 Å². The molecule has 1 aliphatic heterocycles. The Balaban J connectivity index is 2.26. The monoisotopic (exact) mass is 391 g/mol. The van der Waals surface area contributed by atoms with Gasteiger partial charge in [-0.2, -0.15) is 0 Å². The molecule has 2 heterocycles. The third-order valence-corrected chi connectivity index (χ3v) is 4.20. The van der Waals surface area contributed by atoms with Crippen LogP contribution < -0.4 is 16.4 Å². The van der Waals surface area contributed by atoms with Gasteiger partial charge in [0.1, 0.15) is 11.7 Å². The maximum Gasteiger partial charge on any atom is 0.315 e. The van der Waals surface area contributed by atoms with E-state index >= 15 is 0 Å². The van der Waals surface area contributed by atoms with Crippen LogP contribution >= 0.6 is 0 Å². The Morgan fingerprint density at radius 2 is 2.04 bits per heavy atom. The van der Waals surface area contributed by atoms with Gasteiger partial charge < -0.3 is 26.2 Å². The number of nitrogens with one attached hydrogen (secondary N) is 2. The maximum atomic E-state index is 13.0. The van der Waals surface area contributed by atoms with E-state index in [1.807, 2.05) is 0 Å². The SMILES string of the molecule is CC(C)NC(=O)NC1CCN(C(=O)c2cnccn2)C1C(=O)N(C)CC(N)=O. The molecule has 1 aliphatic rings. The molecule has 1 aromatic rings. The molecule has 0 bridgehead atoms. The van der Waals surface area contributed by atoms with Crippen LogP contribution in [0.4, 0.5) is 4.79 Å². The lowest BCUT2D eigenvalue weighted by Crippen LogP contribution is -2.57. The summed E-state index contributed by atoms with van der Waals surface area (Å²) in [6.07, 6.45) is 4.50. The largest absolute Gasteiger partial charge is 0.368 e. The van der Waals surface area contributed by atoms with E-state index in [0.29, 0.717) is 6.42 Å². The van der Waals surface area contributed by atoms with Gasteiger partial charge in [-0.1, -0.05) is 0 Å². The molecule has 152 valence electrons. The summed E-state index contributed by atoms with van der Waals surface area (Å²) < 4.78 is 0. The first-order valence-electron chi connectivity index (χ1n) is 8.88. The van der Waals surface area contributed by atoms with Crippen LogP contribution in [0.25, 0.3) is 0 Å². The second-order valence-corrected chi connectivity index (χ2v) is 6.86. The van der Waals surface area contributed by atoms with Crippen LogP contribution in [-0.4, -0.2) is 81.8 Å². The number of carbonyl (C=O) groups excluding carboxylic acids is 4. The highest BCUT2D eigenvalue weighted by molar-refractivity contribution is 5.97. The molecule has 5 amide bonds. The predicted octanol–water partition coefficient (Wildman–Crippen LogP) is -1.29. The zero-order valence-corrected chi connectivity index (χ0v) is 16.1. The molecule has 0 radical (unpaired) electrons. The summed E-state index contributed by atoms with van der Waals surface area (Å²) in [7, 11) is 1.42. The van der Waals surface area contributed by atoms with E-state index in [9.17, 15) is 19.2 Å². The summed E-state index contributed by atoms with van der Waals surface area (Å²) in [5.74, 6) is -1.65. The van der Waals surface area contributed by atoms with Crippen molar-refractivity contribution in [3.63, 3.8) is 0 Å². The van der Waals surface area contributed by atoms with Gasteiger partial charge in [0.25, 0.3) is 5.91 Å². The van der Waals surface area contributed by atoms with Gasteiger partial charge in [0.2, 0.25) is 11.8 Å². The summed E-state index contributed by atoms with van der Waals surface area (Å²) in [6.45, 7) is 3.55. The summed E-state index contributed by atoms with van der Waals surface area (Å²) in [5, 5.41) is 5.43. The molecule has 2 unspecified atom stereocenters. The molecule has 0 aromatic carbocycles. The Morgan fingerprint density at radius 3 is 2.61 bits per heavy atom. The van der Waals surface area contributed by atoms with E-state index in [1.165, 1.54) is 30.5 Å². The average Bonchev–Trinajstić information content (AvgIpc) is 3.03. The summed E-state index contributed by atoms with van der Waals surface area (Å²) in [6, 6.07) is -2.14. The molecule has 1 saturated heterocycles. The van der Waals surface area contributed by atoms with Gasteiger partial charge in [-0.3, -0.25) is 19.4 Å².